The lowest BCUT2D eigenvalue weighted by molar-refractivity contribution is -0.159. The fraction of sp³-hybridized carbons (Fsp3) is 0. The Balaban J connectivity index is 0. The summed E-state index contributed by atoms with van der Waals surface area (Å²) in [5, 5.41) is 14.8. The molecule has 4 nitrogen and oxygen atoms in total. The molecule has 0 saturated heterocycles. The molecular formula is C3H5O4. The first-order valence-corrected chi connectivity index (χ1v) is 1.11. The monoisotopic (exact) mass is 105 g/mol. The molecule has 4 heteroatoms. The van der Waals surface area contributed by atoms with Gasteiger partial charge in [0.15, 0.2) is 0 Å². The van der Waals surface area contributed by atoms with Gasteiger partial charge < -0.3 is 10.2 Å². The average molecular weight is 105 g/mol. The summed E-state index contributed by atoms with van der Waals surface area (Å²) in [6.07, 6.45) is 0. The molecule has 0 aliphatic carbocycles. The number of carbonyl (C=O) groups is 2. The van der Waals surface area contributed by atoms with Crippen LogP contribution >= 0.6 is 0 Å². The lowest BCUT2D eigenvalue weighted by atomic mass is 10.7. The highest BCUT2D eigenvalue weighted by Gasteiger charge is 2.04. The summed E-state index contributed by atoms with van der Waals surface area (Å²) in [5.41, 5.74) is 0. The fourth-order valence-corrected chi connectivity index (χ4v) is 0. The van der Waals surface area contributed by atoms with Crippen LogP contribution in [0.15, 0.2) is 0 Å². The minimum absolute atomic E-state index is 0. The first kappa shape index (κ1) is 9.34. The Hall–Kier alpha value is -1.06. The fourth-order valence-electron chi connectivity index (χ4n) is 0. The molecule has 0 heterocycles. The minimum atomic E-state index is -1.82. The van der Waals surface area contributed by atoms with Crippen molar-refractivity contribution in [2.75, 3.05) is 0 Å². The maximum atomic E-state index is 9.10. The van der Waals surface area contributed by atoms with Crippen LogP contribution in [0, 0.1) is 7.43 Å². The van der Waals surface area contributed by atoms with E-state index in [0.717, 1.165) is 0 Å². The van der Waals surface area contributed by atoms with Crippen molar-refractivity contribution < 1.29 is 19.8 Å². The molecule has 0 aromatic carbocycles. The third-order valence-electron chi connectivity index (χ3n) is 0.183. The van der Waals surface area contributed by atoms with Crippen molar-refractivity contribution in [1.82, 2.24) is 0 Å². The molecule has 0 amide bonds. The molecule has 0 aromatic rings. The van der Waals surface area contributed by atoms with Crippen LogP contribution in [0.25, 0.3) is 0 Å². The maximum Gasteiger partial charge on any atom is 0.414 e. The Morgan fingerprint density at radius 2 is 1.14 bits per heavy atom. The van der Waals surface area contributed by atoms with Crippen molar-refractivity contribution in [2.24, 2.45) is 0 Å². The Morgan fingerprint density at radius 3 is 1.14 bits per heavy atom. The van der Waals surface area contributed by atoms with Crippen molar-refractivity contribution in [1.29, 1.82) is 0 Å². The van der Waals surface area contributed by atoms with Gasteiger partial charge in [-0.15, -0.1) is 0 Å². The van der Waals surface area contributed by atoms with E-state index in [-0.39, 0.29) is 7.43 Å². The standard InChI is InChI=1S/C2H2O4.CH3/c3-1(4)2(5)6;/h(H,3,4)(H,5,6);1H3. The van der Waals surface area contributed by atoms with E-state index < -0.39 is 11.9 Å². The van der Waals surface area contributed by atoms with Crippen molar-refractivity contribution in [3.63, 3.8) is 0 Å². The molecule has 0 atom stereocenters. The number of carboxylic acid groups (broad SMARTS) is 2. The lowest BCUT2D eigenvalue weighted by Crippen LogP contribution is -2.09. The summed E-state index contributed by atoms with van der Waals surface area (Å²) in [6, 6.07) is 0. The molecule has 41 valence electrons. The predicted molar refractivity (Wildman–Crippen MR) is 21.7 cm³/mol. The van der Waals surface area contributed by atoms with Crippen LogP contribution < -0.4 is 0 Å². The quantitative estimate of drug-likeness (QED) is 0.411. The summed E-state index contributed by atoms with van der Waals surface area (Å²) in [5.74, 6) is -3.65. The van der Waals surface area contributed by atoms with Crippen LogP contribution in [0.2, 0.25) is 0 Å². The van der Waals surface area contributed by atoms with E-state index in [0.29, 0.717) is 0 Å². The Labute approximate surface area is 40.4 Å². The summed E-state index contributed by atoms with van der Waals surface area (Å²) in [4.78, 5) is 18.2. The zero-order valence-electron chi connectivity index (χ0n) is 3.71. The molecule has 0 spiro atoms. The highest BCUT2D eigenvalue weighted by atomic mass is 16.4. The van der Waals surface area contributed by atoms with Crippen molar-refractivity contribution in [3.8, 4) is 0 Å². The van der Waals surface area contributed by atoms with Gasteiger partial charge in [0.05, 0.1) is 0 Å². The van der Waals surface area contributed by atoms with Crippen molar-refractivity contribution in [3.05, 3.63) is 7.43 Å². The van der Waals surface area contributed by atoms with Gasteiger partial charge in [0.1, 0.15) is 0 Å². The zero-order chi connectivity index (χ0) is 5.15. The summed E-state index contributed by atoms with van der Waals surface area (Å²) >= 11 is 0. The second-order valence-corrected chi connectivity index (χ2v) is 0.610. The van der Waals surface area contributed by atoms with Crippen LogP contribution in [0.5, 0.6) is 0 Å². The van der Waals surface area contributed by atoms with Gasteiger partial charge in [-0.25, -0.2) is 9.59 Å². The van der Waals surface area contributed by atoms with E-state index in [1.54, 1.807) is 0 Å². The topological polar surface area (TPSA) is 74.6 Å². The SMILES string of the molecule is O=C(O)C(=O)O.[CH3]. The third-order valence-corrected chi connectivity index (χ3v) is 0.183. The zero-order valence-corrected chi connectivity index (χ0v) is 3.71. The molecule has 0 fully saturated rings. The summed E-state index contributed by atoms with van der Waals surface area (Å²) in [6.45, 7) is 0. The van der Waals surface area contributed by atoms with Crippen LogP contribution in [-0.4, -0.2) is 22.2 Å². The van der Waals surface area contributed by atoms with E-state index >= 15 is 0 Å². The predicted octanol–water partition coefficient (Wildman–Crippen LogP) is -0.394. The van der Waals surface area contributed by atoms with E-state index in [9.17, 15) is 0 Å². The first-order chi connectivity index (χ1) is 2.64. The first-order valence-electron chi connectivity index (χ1n) is 1.11. The number of hydrogen-bond acceptors (Lipinski definition) is 2. The summed E-state index contributed by atoms with van der Waals surface area (Å²) in [7, 11) is 0. The number of rotatable bonds is 0. The molecule has 2 N–H and O–H groups in total. The maximum absolute atomic E-state index is 9.10. The largest absolute Gasteiger partial charge is 0.473 e. The molecule has 0 saturated carbocycles. The molecule has 7 heavy (non-hydrogen) atoms. The van der Waals surface area contributed by atoms with E-state index in [2.05, 4.69) is 0 Å². The van der Waals surface area contributed by atoms with Crippen LogP contribution in [0.3, 0.4) is 0 Å². The Bertz CT molecular complexity index is 72.9. The molecule has 0 aromatic heterocycles. The molecule has 0 bridgehead atoms. The molecule has 0 unspecified atom stereocenters. The second-order valence-electron chi connectivity index (χ2n) is 0.610. The van der Waals surface area contributed by atoms with Gasteiger partial charge >= 0.3 is 11.9 Å². The summed E-state index contributed by atoms with van der Waals surface area (Å²) < 4.78 is 0. The van der Waals surface area contributed by atoms with Gasteiger partial charge in [0.2, 0.25) is 0 Å². The second kappa shape index (κ2) is 3.14. The van der Waals surface area contributed by atoms with Gasteiger partial charge in [-0.2, -0.15) is 0 Å². The van der Waals surface area contributed by atoms with Crippen molar-refractivity contribution >= 4 is 11.9 Å². The molecule has 0 aliphatic heterocycles. The van der Waals surface area contributed by atoms with Crippen molar-refractivity contribution in [2.45, 2.75) is 0 Å². The highest BCUT2D eigenvalue weighted by Crippen LogP contribution is 1.56. The molecule has 1 radical (unpaired) electrons. The minimum Gasteiger partial charge on any atom is -0.473 e. The molecule has 0 aliphatic rings. The molecular weight excluding hydrogens is 100 g/mol. The van der Waals surface area contributed by atoms with E-state index in [1.807, 2.05) is 0 Å². The van der Waals surface area contributed by atoms with Crippen LogP contribution in [-0.2, 0) is 9.59 Å². The van der Waals surface area contributed by atoms with Gasteiger partial charge in [0.25, 0.3) is 0 Å². The smallest absolute Gasteiger partial charge is 0.414 e. The van der Waals surface area contributed by atoms with Gasteiger partial charge in [0, 0.05) is 0 Å². The average Bonchev–Trinajstić information content (AvgIpc) is 1.36. The number of hydrogen-bond donors (Lipinski definition) is 2. The van der Waals surface area contributed by atoms with E-state index in [1.165, 1.54) is 0 Å². The van der Waals surface area contributed by atoms with Gasteiger partial charge in [-0.3, -0.25) is 0 Å². The van der Waals surface area contributed by atoms with E-state index in [4.69, 9.17) is 19.8 Å². The normalized spacial score (nSPS) is 6.29. The Kier molecular flexibility index (Phi) is 4.19. The van der Waals surface area contributed by atoms with Gasteiger partial charge in [-0.1, -0.05) is 7.43 Å². The van der Waals surface area contributed by atoms with Gasteiger partial charge in [-0.05, 0) is 0 Å². The number of carboxylic acids is 2. The lowest BCUT2D eigenvalue weighted by Gasteiger charge is -1.72. The van der Waals surface area contributed by atoms with Crippen LogP contribution in [0.4, 0.5) is 0 Å². The highest BCUT2D eigenvalue weighted by molar-refractivity contribution is 6.27. The Morgan fingerprint density at radius 1 is 1.00 bits per heavy atom. The molecule has 0 rings (SSSR count). The van der Waals surface area contributed by atoms with Crippen LogP contribution in [0.1, 0.15) is 0 Å². The third kappa shape index (κ3) is 4.94. The number of aliphatic carboxylic acids is 2.